The van der Waals surface area contributed by atoms with Gasteiger partial charge in [-0.05, 0) is 38.8 Å². The Labute approximate surface area is 129 Å². The summed E-state index contributed by atoms with van der Waals surface area (Å²) in [7, 11) is 0. The van der Waals surface area contributed by atoms with E-state index in [9.17, 15) is 0 Å². The van der Waals surface area contributed by atoms with Gasteiger partial charge in [-0.3, -0.25) is 9.58 Å². The largest absolute Gasteiger partial charge is 0.329 e. The maximum absolute atomic E-state index is 6.18. The van der Waals surface area contributed by atoms with Crippen LogP contribution in [0.4, 0.5) is 0 Å². The van der Waals surface area contributed by atoms with Crippen molar-refractivity contribution >= 4 is 0 Å². The topological polar surface area (TPSA) is 47.1 Å². The zero-order chi connectivity index (χ0) is 15.3. The monoisotopic (exact) mass is 292 g/mol. The number of hydrogen-bond donors (Lipinski definition) is 1. The van der Waals surface area contributed by atoms with E-state index in [2.05, 4.69) is 42.6 Å². The normalized spacial score (nSPS) is 19.9. The second kappa shape index (κ2) is 7.41. The van der Waals surface area contributed by atoms with Crippen LogP contribution < -0.4 is 5.73 Å². The summed E-state index contributed by atoms with van der Waals surface area (Å²) in [6.07, 6.45) is 9.71. The van der Waals surface area contributed by atoms with E-state index in [-0.39, 0.29) is 5.54 Å². The molecule has 1 fully saturated rings. The van der Waals surface area contributed by atoms with Gasteiger partial charge >= 0.3 is 0 Å². The van der Waals surface area contributed by atoms with Crippen LogP contribution in [0, 0.1) is 0 Å². The fourth-order valence-corrected chi connectivity index (χ4v) is 3.56. The van der Waals surface area contributed by atoms with Gasteiger partial charge in [-0.1, -0.05) is 33.1 Å². The molecule has 120 valence electrons. The molecule has 2 rings (SSSR count). The fraction of sp³-hybridized carbons (Fsp3) is 0.824. The summed E-state index contributed by atoms with van der Waals surface area (Å²) < 4.78 is 2.10. The van der Waals surface area contributed by atoms with Gasteiger partial charge in [0.15, 0.2) is 0 Å². The van der Waals surface area contributed by atoms with Gasteiger partial charge in [-0.2, -0.15) is 5.10 Å². The third kappa shape index (κ3) is 3.67. The lowest BCUT2D eigenvalue weighted by atomic mass is 9.80. The van der Waals surface area contributed by atoms with Crippen LogP contribution in [0.5, 0.6) is 0 Å². The number of nitrogens with zero attached hydrogens (tertiary/aromatic N) is 3. The van der Waals surface area contributed by atoms with Crippen LogP contribution in [0.25, 0.3) is 0 Å². The van der Waals surface area contributed by atoms with Crippen LogP contribution in [-0.2, 0) is 6.54 Å². The zero-order valence-electron chi connectivity index (χ0n) is 14.0. The zero-order valence-corrected chi connectivity index (χ0v) is 14.0. The Morgan fingerprint density at radius 3 is 2.62 bits per heavy atom. The molecule has 0 saturated heterocycles. The van der Waals surface area contributed by atoms with Crippen molar-refractivity contribution in [2.24, 2.45) is 5.73 Å². The molecule has 21 heavy (non-hydrogen) atoms. The number of aromatic nitrogens is 2. The molecule has 1 aliphatic rings. The minimum atomic E-state index is 0.202. The summed E-state index contributed by atoms with van der Waals surface area (Å²) in [6.45, 7) is 9.42. The standard InChI is InChI=1S/C17H32N4/c1-4-15(3)21-12-9-16(19-21)13-20(5-2)17(14-18)10-7-6-8-11-17/h9,12,15H,4-8,10-11,13-14,18H2,1-3H3. The molecule has 1 aromatic heterocycles. The van der Waals surface area contributed by atoms with Gasteiger partial charge in [-0.25, -0.2) is 0 Å². The van der Waals surface area contributed by atoms with Crippen LogP contribution in [-0.4, -0.2) is 33.3 Å². The minimum Gasteiger partial charge on any atom is -0.329 e. The first-order valence-corrected chi connectivity index (χ1v) is 8.64. The number of hydrogen-bond acceptors (Lipinski definition) is 3. The maximum atomic E-state index is 6.18. The molecular weight excluding hydrogens is 260 g/mol. The molecule has 1 aliphatic carbocycles. The molecule has 1 saturated carbocycles. The van der Waals surface area contributed by atoms with Crippen LogP contribution in [0.15, 0.2) is 12.3 Å². The Morgan fingerprint density at radius 1 is 1.33 bits per heavy atom. The first-order valence-electron chi connectivity index (χ1n) is 8.64. The van der Waals surface area contributed by atoms with Gasteiger partial charge in [-0.15, -0.1) is 0 Å². The Hall–Kier alpha value is -0.870. The van der Waals surface area contributed by atoms with Gasteiger partial charge in [0.25, 0.3) is 0 Å². The third-order valence-electron chi connectivity index (χ3n) is 5.28. The van der Waals surface area contributed by atoms with Gasteiger partial charge < -0.3 is 5.73 Å². The van der Waals surface area contributed by atoms with E-state index in [1.165, 1.54) is 37.8 Å². The van der Waals surface area contributed by atoms with E-state index in [1.807, 2.05) is 0 Å². The van der Waals surface area contributed by atoms with Crippen molar-refractivity contribution in [3.63, 3.8) is 0 Å². The summed E-state index contributed by atoms with van der Waals surface area (Å²) in [5.41, 5.74) is 7.55. The lowest BCUT2D eigenvalue weighted by Crippen LogP contribution is -2.54. The van der Waals surface area contributed by atoms with Crippen LogP contribution >= 0.6 is 0 Å². The maximum Gasteiger partial charge on any atom is 0.0765 e. The summed E-state index contributed by atoms with van der Waals surface area (Å²) in [5, 5.41) is 4.76. The molecule has 1 aromatic rings. The molecule has 0 radical (unpaired) electrons. The molecular formula is C17H32N4. The smallest absolute Gasteiger partial charge is 0.0765 e. The van der Waals surface area contributed by atoms with Crippen molar-refractivity contribution in [1.82, 2.24) is 14.7 Å². The van der Waals surface area contributed by atoms with E-state index in [4.69, 9.17) is 10.8 Å². The molecule has 1 heterocycles. The summed E-state index contributed by atoms with van der Waals surface area (Å²) in [5.74, 6) is 0. The highest BCUT2D eigenvalue weighted by atomic mass is 15.3. The van der Waals surface area contributed by atoms with E-state index in [0.717, 1.165) is 26.1 Å². The number of rotatable bonds is 7. The van der Waals surface area contributed by atoms with E-state index < -0.39 is 0 Å². The lowest BCUT2D eigenvalue weighted by molar-refractivity contribution is 0.0533. The molecule has 1 atom stereocenters. The van der Waals surface area contributed by atoms with Crippen molar-refractivity contribution < 1.29 is 0 Å². The number of likely N-dealkylation sites (N-methyl/N-ethyl adjacent to an activating group) is 1. The highest BCUT2D eigenvalue weighted by Crippen LogP contribution is 2.33. The molecule has 4 nitrogen and oxygen atoms in total. The molecule has 0 aromatic carbocycles. The predicted octanol–water partition coefficient (Wildman–Crippen LogP) is 3.34. The van der Waals surface area contributed by atoms with Crippen LogP contribution in [0.2, 0.25) is 0 Å². The Morgan fingerprint density at radius 2 is 2.05 bits per heavy atom. The van der Waals surface area contributed by atoms with Crippen molar-refractivity contribution in [1.29, 1.82) is 0 Å². The first kappa shape index (κ1) is 16.5. The van der Waals surface area contributed by atoms with E-state index in [1.54, 1.807) is 0 Å². The third-order valence-corrected chi connectivity index (χ3v) is 5.28. The second-order valence-electron chi connectivity index (χ2n) is 6.55. The molecule has 0 amide bonds. The average Bonchev–Trinajstić information content (AvgIpc) is 3.01. The number of nitrogens with two attached hydrogens (primary N) is 1. The van der Waals surface area contributed by atoms with Crippen LogP contribution in [0.3, 0.4) is 0 Å². The summed E-state index contributed by atoms with van der Waals surface area (Å²) >= 11 is 0. The predicted molar refractivity (Wildman–Crippen MR) is 88.2 cm³/mol. The Bertz CT molecular complexity index is 420. The minimum absolute atomic E-state index is 0.202. The van der Waals surface area contributed by atoms with Gasteiger partial charge in [0.05, 0.1) is 5.69 Å². The molecule has 0 aliphatic heterocycles. The SMILES string of the molecule is CCC(C)n1ccc(CN(CC)C2(CN)CCCCC2)n1. The van der Waals surface area contributed by atoms with E-state index >= 15 is 0 Å². The molecule has 2 N–H and O–H groups in total. The van der Waals surface area contributed by atoms with Crippen LogP contribution in [0.1, 0.15) is 71.0 Å². The highest BCUT2D eigenvalue weighted by molar-refractivity contribution is 5.03. The second-order valence-corrected chi connectivity index (χ2v) is 6.55. The van der Waals surface area contributed by atoms with Gasteiger partial charge in [0, 0.05) is 30.9 Å². The van der Waals surface area contributed by atoms with Crippen molar-refractivity contribution in [2.75, 3.05) is 13.1 Å². The lowest BCUT2D eigenvalue weighted by Gasteiger charge is -2.45. The summed E-state index contributed by atoms with van der Waals surface area (Å²) in [4.78, 5) is 2.56. The van der Waals surface area contributed by atoms with Gasteiger partial charge in [0.1, 0.15) is 0 Å². The molecule has 4 heteroatoms. The van der Waals surface area contributed by atoms with Gasteiger partial charge in [0.2, 0.25) is 0 Å². The highest BCUT2D eigenvalue weighted by Gasteiger charge is 2.36. The Balaban J connectivity index is 2.09. The van der Waals surface area contributed by atoms with Crippen molar-refractivity contribution in [2.45, 2.75) is 77.4 Å². The Kier molecular flexibility index (Phi) is 5.82. The van der Waals surface area contributed by atoms with Crippen molar-refractivity contribution in [3.8, 4) is 0 Å². The molecule has 1 unspecified atom stereocenters. The van der Waals surface area contributed by atoms with E-state index in [0.29, 0.717) is 6.04 Å². The first-order chi connectivity index (χ1) is 10.1. The fourth-order valence-electron chi connectivity index (χ4n) is 3.56. The van der Waals surface area contributed by atoms with Crippen molar-refractivity contribution in [3.05, 3.63) is 18.0 Å². The molecule has 0 bridgehead atoms. The molecule has 0 spiro atoms. The average molecular weight is 292 g/mol. The quantitative estimate of drug-likeness (QED) is 0.838. The summed E-state index contributed by atoms with van der Waals surface area (Å²) in [6, 6.07) is 2.65.